The molecule has 5 rings (SSSR count). The van der Waals surface area contributed by atoms with Crippen LogP contribution in [0.5, 0.6) is 0 Å². The molecule has 34 heavy (non-hydrogen) atoms. The lowest BCUT2D eigenvalue weighted by Crippen LogP contribution is -2.78. The topological polar surface area (TPSA) is 103 Å². The highest BCUT2D eigenvalue weighted by atomic mass is 32.2. The minimum Gasteiger partial charge on any atom is -0.369 e. The molecule has 13 heteroatoms. The standard InChI is InChI=1S/C21H24F4N4O4S/c22-15-2-13(3-16(4-15)34(26,32)21(23,24)25)1-14-5-19(6-14)8-28(9-19)18(31)29-10-20(11-29)12-33-7-17(30)27-20/h2-4,14,26H,1,5-12H2,(H,27,30). The van der Waals surface area contributed by atoms with Gasteiger partial charge >= 0.3 is 11.5 Å². The van der Waals surface area contributed by atoms with E-state index < -0.39 is 31.5 Å². The first-order chi connectivity index (χ1) is 15.8. The van der Waals surface area contributed by atoms with Gasteiger partial charge in [-0.15, -0.1) is 0 Å². The Morgan fingerprint density at radius 2 is 1.82 bits per heavy atom. The molecule has 2 spiro atoms. The van der Waals surface area contributed by atoms with Crippen molar-refractivity contribution in [3.05, 3.63) is 29.6 Å². The smallest absolute Gasteiger partial charge is 0.369 e. The summed E-state index contributed by atoms with van der Waals surface area (Å²) < 4.78 is 77.1. The van der Waals surface area contributed by atoms with E-state index in [2.05, 4.69) is 5.32 Å². The van der Waals surface area contributed by atoms with Gasteiger partial charge in [0.1, 0.15) is 12.4 Å². The monoisotopic (exact) mass is 504 g/mol. The molecule has 1 aromatic rings. The Bertz CT molecular complexity index is 1140. The van der Waals surface area contributed by atoms with Crippen molar-refractivity contribution in [1.29, 1.82) is 4.78 Å². The van der Waals surface area contributed by atoms with Crippen molar-refractivity contribution in [3.8, 4) is 0 Å². The highest BCUT2D eigenvalue weighted by molar-refractivity contribution is 7.93. The lowest BCUT2D eigenvalue weighted by Gasteiger charge is -2.61. The lowest BCUT2D eigenvalue weighted by atomic mass is 9.56. The second-order valence-corrected chi connectivity index (χ2v) is 12.1. The van der Waals surface area contributed by atoms with E-state index in [1.54, 1.807) is 9.80 Å². The van der Waals surface area contributed by atoms with Crippen LogP contribution in [0.25, 0.3) is 0 Å². The summed E-state index contributed by atoms with van der Waals surface area (Å²) in [6.45, 7) is 2.39. The first-order valence-electron chi connectivity index (χ1n) is 10.9. The lowest BCUT2D eigenvalue weighted by molar-refractivity contribution is -0.142. The molecular weight excluding hydrogens is 480 g/mol. The van der Waals surface area contributed by atoms with Crippen molar-refractivity contribution >= 4 is 21.7 Å². The van der Waals surface area contributed by atoms with Gasteiger partial charge in [-0.05, 0) is 48.9 Å². The minimum absolute atomic E-state index is 0.0316. The number of benzene rings is 1. The number of hydrogen-bond acceptors (Lipinski definition) is 5. The number of alkyl halides is 3. The van der Waals surface area contributed by atoms with E-state index in [0.29, 0.717) is 45.3 Å². The Morgan fingerprint density at radius 3 is 2.44 bits per heavy atom. The Labute approximate surface area is 193 Å². The van der Waals surface area contributed by atoms with Crippen LogP contribution in [0.4, 0.5) is 22.4 Å². The largest absolute Gasteiger partial charge is 0.483 e. The Hall–Kier alpha value is -2.41. The molecular formula is C21H24F4N4O4S. The van der Waals surface area contributed by atoms with Crippen LogP contribution in [-0.4, -0.2) is 76.4 Å². The third-order valence-electron chi connectivity index (χ3n) is 7.15. The van der Waals surface area contributed by atoms with Crippen molar-refractivity contribution in [2.45, 2.75) is 35.2 Å². The van der Waals surface area contributed by atoms with E-state index >= 15 is 0 Å². The predicted octanol–water partition coefficient (Wildman–Crippen LogP) is 2.33. The number of likely N-dealkylation sites (tertiary alicyclic amines) is 2. The van der Waals surface area contributed by atoms with Gasteiger partial charge in [0.05, 0.1) is 17.0 Å². The molecule has 4 fully saturated rings. The molecule has 0 aromatic heterocycles. The maximum atomic E-state index is 13.9. The third-order valence-corrected chi connectivity index (χ3v) is 8.70. The molecule has 1 aliphatic carbocycles. The average Bonchev–Trinajstić information content (AvgIpc) is 2.65. The second-order valence-electron chi connectivity index (χ2n) is 10.1. The number of nitrogens with zero attached hydrogens (tertiary/aromatic N) is 2. The normalized spacial score (nSPS) is 25.2. The molecule has 3 heterocycles. The van der Waals surface area contributed by atoms with Gasteiger partial charge in [-0.1, -0.05) is 0 Å². The van der Waals surface area contributed by atoms with Crippen LogP contribution in [0.3, 0.4) is 0 Å². The zero-order chi connectivity index (χ0) is 24.5. The zero-order valence-corrected chi connectivity index (χ0v) is 18.9. The molecule has 1 unspecified atom stereocenters. The summed E-state index contributed by atoms with van der Waals surface area (Å²) in [5.41, 5.74) is -5.51. The number of rotatable bonds is 3. The van der Waals surface area contributed by atoms with Gasteiger partial charge in [-0.3, -0.25) is 4.79 Å². The highest BCUT2D eigenvalue weighted by Crippen LogP contribution is 2.53. The minimum atomic E-state index is -5.27. The first-order valence-corrected chi connectivity index (χ1v) is 12.4. The summed E-state index contributed by atoms with van der Waals surface area (Å²) in [6, 6.07) is 2.55. The summed E-state index contributed by atoms with van der Waals surface area (Å²) in [4.78, 5) is 26.8. The molecule has 1 atom stereocenters. The van der Waals surface area contributed by atoms with E-state index in [-0.39, 0.29) is 35.4 Å². The van der Waals surface area contributed by atoms with Crippen LogP contribution in [0, 0.1) is 21.9 Å². The second kappa shape index (κ2) is 7.54. The van der Waals surface area contributed by atoms with Gasteiger partial charge in [0.15, 0.2) is 9.73 Å². The first kappa shape index (κ1) is 23.3. The number of carbonyl (C=O) groups is 2. The van der Waals surface area contributed by atoms with Crippen molar-refractivity contribution in [3.63, 3.8) is 0 Å². The highest BCUT2D eigenvalue weighted by Gasteiger charge is 2.56. The SMILES string of the molecule is N=S(=O)(c1cc(F)cc(CC2CC3(C2)CN(C(=O)N2CC4(COCC(=O)N4)C2)C3)c1)C(F)(F)F. The number of carbonyl (C=O) groups excluding carboxylic acids is 2. The molecule has 4 aliphatic rings. The van der Waals surface area contributed by atoms with E-state index in [9.17, 15) is 31.4 Å². The van der Waals surface area contributed by atoms with Gasteiger partial charge in [0.25, 0.3) is 0 Å². The molecule has 3 amide bonds. The molecule has 2 N–H and O–H groups in total. The molecule has 1 saturated carbocycles. The van der Waals surface area contributed by atoms with Gasteiger partial charge < -0.3 is 19.9 Å². The van der Waals surface area contributed by atoms with Crippen LogP contribution in [0.2, 0.25) is 0 Å². The molecule has 3 aliphatic heterocycles. The molecule has 186 valence electrons. The number of halogens is 4. The molecule has 3 saturated heterocycles. The number of amides is 3. The number of morpholine rings is 1. The predicted molar refractivity (Wildman–Crippen MR) is 111 cm³/mol. The maximum absolute atomic E-state index is 13.9. The van der Waals surface area contributed by atoms with Crippen LogP contribution in [0.1, 0.15) is 18.4 Å². The number of hydrogen-bond donors (Lipinski definition) is 2. The summed E-state index contributed by atoms with van der Waals surface area (Å²) in [5, 5.41) is 2.89. The molecule has 0 bridgehead atoms. The summed E-state index contributed by atoms with van der Waals surface area (Å²) in [5.74, 6) is -1.02. The maximum Gasteiger partial charge on any atom is 0.483 e. The Morgan fingerprint density at radius 1 is 1.18 bits per heavy atom. The number of ether oxygens (including phenoxy) is 1. The third kappa shape index (κ3) is 3.92. The molecule has 0 radical (unpaired) electrons. The fraction of sp³-hybridized carbons (Fsp3) is 0.619. The fourth-order valence-electron chi connectivity index (χ4n) is 5.73. The Kier molecular flexibility index (Phi) is 5.18. The van der Waals surface area contributed by atoms with Gasteiger partial charge in [0.2, 0.25) is 5.91 Å². The molecule has 1 aromatic carbocycles. The molecule has 8 nitrogen and oxygen atoms in total. The van der Waals surface area contributed by atoms with Crippen LogP contribution >= 0.6 is 0 Å². The van der Waals surface area contributed by atoms with Crippen molar-refractivity contribution < 1.29 is 36.1 Å². The Balaban J connectivity index is 1.12. The van der Waals surface area contributed by atoms with Crippen molar-refractivity contribution in [1.82, 2.24) is 15.1 Å². The fourth-order valence-corrected chi connectivity index (χ4v) is 6.60. The van der Waals surface area contributed by atoms with Crippen LogP contribution < -0.4 is 5.32 Å². The van der Waals surface area contributed by atoms with Crippen molar-refractivity contribution in [2.24, 2.45) is 11.3 Å². The van der Waals surface area contributed by atoms with E-state index in [1.165, 1.54) is 0 Å². The summed E-state index contributed by atoms with van der Waals surface area (Å²) >= 11 is 0. The van der Waals surface area contributed by atoms with Gasteiger partial charge in [-0.2, -0.15) is 13.2 Å². The van der Waals surface area contributed by atoms with E-state index in [1.807, 2.05) is 0 Å². The number of urea groups is 1. The van der Waals surface area contributed by atoms with Crippen molar-refractivity contribution in [2.75, 3.05) is 39.4 Å². The summed E-state index contributed by atoms with van der Waals surface area (Å²) in [7, 11) is -5.12. The average molecular weight is 505 g/mol. The van der Waals surface area contributed by atoms with Gasteiger partial charge in [-0.25, -0.2) is 18.2 Å². The van der Waals surface area contributed by atoms with Crippen LogP contribution in [0.15, 0.2) is 23.1 Å². The zero-order valence-electron chi connectivity index (χ0n) is 18.1. The van der Waals surface area contributed by atoms with Gasteiger partial charge in [0, 0.05) is 31.6 Å². The summed E-state index contributed by atoms with van der Waals surface area (Å²) in [6.07, 6.45) is 1.83. The number of nitrogens with one attached hydrogen (secondary N) is 2. The van der Waals surface area contributed by atoms with E-state index in [4.69, 9.17) is 9.52 Å². The van der Waals surface area contributed by atoms with Crippen LogP contribution in [-0.2, 0) is 25.7 Å². The quantitative estimate of drug-likeness (QED) is 0.617. The van der Waals surface area contributed by atoms with E-state index in [0.717, 1.165) is 25.0 Å².